The Labute approximate surface area is 77.5 Å². The molecule has 57 valence electrons. The molecule has 0 unspecified atom stereocenters. The van der Waals surface area contributed by atoms with E-state index >= 15 is 0 Å². The summed E-state index contributed by atoms with van der Waals surface area (Å²) in [5.74, 6) is 1.40. The van der Waals surface area contributed by atoms with Gasteiger partial charge in [-0.15, -0.1) is 11.8 Å². The predicted octanol–water partition coefficient (Wildman–Crippen LogP) is 1.35. The topological polar surface area (TPSA) is 40.9 Å². The van der Waals surface area contributed by atoms with Crippen LogP contribution in [0.3, 0.4) is 0 Å². The number of carbonyl (C=O) groups excluding carboxylic acids is 1. The third kappa shape index (κ3) is 11.1. The molecule has 0 aliphatic rings. The molecule has 0 aliphatic heterocycles. The van der Waals surface area contributed by atoms with E-state index < -0.39 is 0 Å². The molecule has 2 nitrogen and oxygen atoms in total. The zero-order valence-corrected chi connectivity index (χ0v) is 8.39. The van der Waals surface area contributed by atoms with Gasteiger partial charge in [-0.3, -0.25) is 4.79 Å². The first-order valence-electron chi connectivity index (χ1n) is 2.74. The van der Waals surface area contributed by atoms with Crippen molar-refractivity contribution in [2.75, 3.05) is 11.5 Å². The van der Waals surface area contributed by atoms with Crippen molar-refractivity contribution in [3.05, 3.63) is 0 Å². The summed E-state index contributed by atoms with van der Waals surface area (Å²) in [6.07, 6.45) is 0. The van der Waals surface area contributed by atoms with Gasteiger partial charge in [0.05, 0.1) is 5.75 Å². The van der Waals surface area contributed by atoms with Crippen molar-refractivity contribution >= 4 is 23.3 Å². The molecule has 1 radical (unpaired) electrons. The molecule has 1 N–H and O–H groups in total. The Morgan fingerprint density at radius 3 is 2.20 bits per heavy atom. The molecule has 0 atom stereocenters. The van der Waals surface area contributed by atoms with E-state index in [0.717, 1.165) is 0 Å². The SMILES string of the molecule is CC(=N)CSCC(C)=O.[V]. The van der Waals surface area contributed by atoms with E-state index in [2.05, 4.69) is 0 Å². The molecule has 0 aromatic heterocycles. The molecular formula is C6H11NOSV. The van der Waals surface area contributed by atoms with Gasteiger partial charge >= 0.3 is 0 Å². The van der Waals surface area contributed by atoms with E-state index in [4.69, 9.17) is 5.41 Å². The fraction of sp³-hybridized carbons (Fsp3) is 0.667. The molecular weight excluding hydrogens is 185 g/mol. The van der Waals surface area contributed by atoms with Gasteiger partial charge in [0.2, 0.25) is 0 Å². The number of carbonyl (C=O) groups is 1. The van der Waals surface area contributed by atoms with E-state index in [1.165, 1.54) is 11.8 Å². The van der Waals surface area contributed by atoms with Gasteiger partial charge in [-0.1, -0.05) is 0 Å². The van der Waals surface area contributed by atoms with Crippen LogP contribution in [0.5, 0.6) is 0 Å². The molecule has 0 amide bonds. The van der Waals surface area contributed by atoms with Crippen molar-refractivity contribution in [2.24, 2.45) is 0 Å². The molecule has 0 aromatic carbocycles. The van der Waals surface area contributed by atoms with Gasteiger partial charge in [-0.2, -0.15) is 0 Å². The second-order valence-electron chi connectivity index (χ2n) is 1.98. The molecule has 10 heavy (non-hydrogen) atoms. The Balaban J connectivity index is 0. The summed E-state index contributed by atoms with van der Waals surface area (Å²) in [5.41, 5.74) is 0.626. The first kappa shape index (κ1) is 12.9. The van der Waals surface area contributed by atoms with E-state index in [1.54, 1.807) is 13.8 Å². The molecule has 0 aromatic rings. The van der Waals surface area contributed by atoms with Crippen molar-refractivity contribution in [1.29, 1.82) is 5.41 Å². The van der Waals surface area contributed by atoms with Gasteiger partial charge in [-0.25, -0.2) is 0 Å². The molecule has 4 heteroatoms. The Bertz CT molecular complexity index is 113. The zero-order chi connectivity index (χ0) is 7.28. The van der Waals surface area contributed by atoms with Crippen LogP contribution in [0.2, 0.25) is 0 Å². The van der Waals surface area contributed by atoms with E-state index in [1.807, 2.05) is 0 Å². The standard InChI is InChI=1S/C6H11NOS.V/c1-5(7)3-9-4-6(2)8;/h7H,3-4H2,1-2H3;. The summed E-state index contributed by atoms with van der Waals surface area (Å²) in [5, 5.41) is 7.01. The molecule has 0 bridgehead atoms. The molecule has 0 rings (SSSR count). The smallest absolute Gasteiger partial charge is 0.139 e. The van der Waals surface area contributed by atoms with Crippen LogP contribution in [-0.4, -0.2) is 23.0 Å². The summed E-state index contributed by atoms with van der Waals surface area (Å²) in [7, 11) is 0. The van der Waals surface area contributed by atoms with E-state index in [0.29, 0.717) is 17.2 Å². The first-order chi connectivity index (χ1) is 4.13. The molecule has 0 fully saturated rings. The van der Waals surface area contributed by atoms with Crippen LogP contribution >= 0.6 is 11.8 Å². The van der Waals surface area contributed by atoms with Crippen molar-refractivity contribution in [3.8, 4) is 0 Å². The van der Waals surface area contributed by atoms with Crippen LogP contribution < -0.4 is 0 Å². The van der Waals surface area contributed by atoms with Crippen LogP contribution in [0.25, 0.3) is 0 Å². The molecule has 0 heterocycles. The van der Waals surface area contributed by atoms with Gasteiger partial charge < -0.3 is 5.41 Å². The minimum Gasteiger partial charge on any atom is -0.309 e. The van der Waals surface area contributed by atoms with Crippen molar-refractivity contribution < 1.29 is 23.4 Å². The van der Waals surface area contributed by atoms with Crippen LogP contribution in [0.4, 0.5) is 0 Å². The normalized spacial score (nSPS) is 8.20. The Kier molecular flexibility index (Phi) is 9.53. The number of hydrogen-bond acceptors (Lipinski definition) is 3. The van der Waals surface area contributed by atoms with Crippen LogP contribution in [0.15, 0.2) is 0 Å². The third-order valence-electron chi connectivity index (χ3n) is 0.624. The quantitative estimate of drug-likeness (QED) is 0.689. The minimum absolute atomic E-state index is 0. The van der Waals surface area contributed by atoms with Gasteiger partial charge in [0, 0.05) is 30.0 Å². The van der Waals surface area contributed by atoms with Crippen molar-refractivity contribution in [3.63, 3.8) is 0 Å². The molecule has 0 spiro atoms. The number of Topliss-reactive ketones (excluding diaryl/α,β-unsaturated/α-hetero) is 1. The Morgan fingerprint density at radius 1 is 1.40 bits per heavy atom. The number of thioether (sulfide) groups is 1. The average molecular weight is 196 g/mol. The van der Waals surface area contributed by atoms with E-state index in [-0.39, 0.29) is 24.3 Å². The molecule has 0 aliphatic carbocycles. The minimum atomic E-state index is 0. The monoisotopic (exact) mass is 196 g/mol. The second-order valence-corrected chi connectivity index (χ2v) is 2.96. The third-order valence-corrected chi connectivity index (χ3v) is 1.87. The second kappa shape index (κ2) is 7.38. The number of ketones is 1. The van der Waals surface area contributed by atoms with Crippen molar-refractivity contribution in [1.82, 2.24) is 0 Å². The maximum absolute atomic E-state index is 10.3. The van der Waals surface area contributed by atoms with Crippen LogP contribution in [-0.2, 0) is 23.4 Å². The fourth-order valence-electron chi connectivity index (χ4n) is 0.348. The summed E-state index contributed by atoms with van der Waals surface area (Å²) in [6.45, 7) is 3.30. The number of hydrogen-bond donors (Lipinski definition) is 1. The Morgan fingerprint density at radius 2 is 1.90 bits per heavy atom. The maximum atomic E-state index is 10.3. The zero-order valence-electron chi connectivity index (χ0n) is 6.18. The summed E-state index contributed by atoms with van der Waals surface area (Å²) < 4.78 is 0. The number of rotatable bonds is 4. The van der Waals surface area contributed by atoms with Gasteiger partial charge in [0.15, 0.2) is 0 Å². The Hall–Kier alpha value is 0.274. The average Bonchev–Trinajstić information content (AvgIpc) is 1.63. The van der Waals surface area contributed by atoms with E-state index in [9.17, 15) is 4.79 Å². The largest absolute Gasteiger partial charge is 0.309 e. The van der Waals surface area contributed by atoms with Gasteiger partial charge in [0.25, 0.3) is 0 Å². The van der Waals surface area contributed by atoms with Crippen LogP contribution in [0.1, 0.15) is 13.8 Å². The fourth-order valence-corrected chi connectivity index (χ4v) is 1.04. The number of nitrogens with one attached hydrogen (secondary N) is 1. The summed E-state index contributed by atoms with van der Waals surface area (Å²) in [6, 6.07) is 0. The molecule has 0 saturated carbocycles. The van der Waals surface area contributed by atoms with Crippen LogP contribution in [0, 0.1) is 5.41 Å². The summed E-state index contributed by atoms with van der Waals surface area (Å²) in [4.78, 5) is 10.3. The first-order valence-corrected chi connectivity index (χ1v) is 3.89. The predicted molar refractivity (Wildman–Crippen MR) is 41.4 cm³/mol. The molecule has 0 saturated heterocycles. The van der Waals surface area contributed by atoms with Gasteiger partial charge in [0.1, 0.15) is 5.78 Å². The maximum Gasteiger partial charge on any atom is 0.139 e. The van der Waals surface area contributed by atoms with Gasteiger partial charge in [-0.05, 0) is 13.8 Å². The van der Waals surface area contributed by atoms with Crippen molar-refractivity contribution in [2.45, 2.75) is 13.8 Å². The summed E-state index contributed by atoms with van der Waals surface area (Å²) >= 11 is 1.50.